The first-order chi connectivity index (χ1) is 8.61. The number of hydrogen-bond donors (Lipinski definition) is 4. The van der Waals surface area contributed by atoms with Crippen molar-refractivity contribution in [3.05, 3.63) is 39.9 Å². The average molecular weight is 251 g/mol. The number of hydrogen-bond acceptors (Lipinski definition) is 6. The minimum absolute atomic E-state index is 0.0426. The lowest BCUT2D eigenvalue weighted by molar-refractivity contribution is -0.384. The number of carbonyl (C=O) groups is 1. The zero-order valence-electron chi connectivity index (χ0n) is 9.42. The van der Waals surface area contributed by atoms with E-state index in [2.05, 4.69) is 16.3 Å². The molecular weight excluding hydrogens is 238 g/mol. The summed E-state index contributed by atoms with van der Waals surface area (Å²) in [5.41, 5.74) is 8.76. The van der Waals surface area contributed by atoms with Gasteiger partial charge in [-0.2, -0.15) is 0 Å². The molecule has 1 saturated heterocycles. The lowest BCUT2D eigenvalue weighted by Crippen LogP contribution is -2.45. The molecule has 1 amide bonds. The maximum atomic E-state index is 11.3. The lowest BCUT2D eigenvalue weighted by Gasteiger charge is -2.08. The van der Waals surface area contributed by atoms with Crippen LogP contribution in [0.15, 0.2) is 24.3 Å². The van der Waals surface area contributed by atoms with Gasteiger partial charge in [-0.05, 0) is 12.0 Å². The number of nitrogens with one attached hydrogen (secondary N) is 3. The highest BCUT2D eigenvalue weighted by molar-refractivity contribution is 5.81. The molecule has 0 radical (unpaired) electrons. The summed E-state index contributed by atoms with van der Waals surface area (Å²) in [5.74, 6) is 4.75. The van der Waals surface area contributed by atoms with Crippen molar-refractivity contribution in [2.24, 2.45) is 5.84 Å². The molecule has 8 nitrogen and oxygen atoms in total. The van der Waals surface area contributed by atoms with Crippen LogP contribution in [0, 0.1) is 10.1 Å². The molecule has 2 rings (SSSR count). The number of carbonyl (C=O) groups excluding carboxylic acids is 1. The summed E-state index contributed by atoms with van der Waals surface area (Å²) in [6.45, 7) is 0. The predicted octanol–water partition coefficient (Wildman–Crippen LogP) is -0.508. The van der Waals surface area contributed by atoms with Crippen LogP contribution in [0.2, 0.25) is 0 Å². The highest BCUT2D eigenvalue weighted by Crippen LogP contribution is 2.24. The van der Waals surface area contributed by atoms with Crippen molar-refractivity contribution in [2.75, 3.05) is 0 Å². The van der Waals surface area contributed by atoms with Crippen molar-refractivity contribution < 1.29 is 9.72 Å². The first-order valence-electron chi connectivity index (χ1n) is 5.37. The van der Waals surface area contributed by atoms with Crippen molar-refractivity contribution >= 4 is 11.6 Å². The molecule has 2 atom stereocenters. The largest absolute Gasteiger partial charge is 0.293 e. The highest BCUT2D eigenvalue weighted by Gasteiger charge is 2.29. The van der Waals surface area contributed by atoms with Gasteiger partial charge in [-0.1, -0.05) is 12.1 Å². The zero-order chi connectivity index (χ0) is 13.1. The Balaban J connectivity index is 2.05. The van der Waals surface area contributed by atoms with Crippen molar-refractivity contribution in [3.63, 3.8) is 0 Å². The van der Waals surface area contributed by atoms with E-state index in [1.807, 2.05) is 0 Å². The third kappa shape index (κ3) is 2.45. The molecule has 1 aromatic carbocycles. The number of benzene rings is 1. The third-order valence-electron chi connectivity index (χ3n) is 2.87. The Morgan fingerprint density at radius 2 is 2.06 bits per heavy atom. The summed E-state index contributed by atoms with van der Waals surface area (Å²) in [5, 5.41) is 10.5. The SMILES string of the molecule is NNC(=O)C1CC(c2ccc([N+](=O)[O-])cc2)NN1. The predicted molar refractivity (Wildman–Crippen MR) is 62.8 cm³/mol. The zero-order valence-corrected chi connectivity index (χ0v) is 9.42. The number of nitrogens with zero attached hydrogens (tertiary/aromatic N) is 1. The highest BCUT2D eigenvalue weighted by atomic mass is 16.6. The van der Waals surface area contributed by atoms with Crippen LogP contribution in [0.5, 0.6) is 0 Å². The molecule has 0 saturated carbocycles. The van der Waals surface area contributed by atoms with Crippen molar-refractivity contribution in [1.82, 2.24) is 16.3 Å². The van der Waals surface area contributed by atoms with Gasteiger partial charge in [0.05, 0.1) is 4.92 Å². The van der Waals surface area contributed by atoms with Crippen LogP contribution >= 0.6 is 0 Å². The summed E-state index contributed by atoms with van der Waals surface area (Å²) in [6, 6.07) is 5.73. The number of rotatable bonds is 3. The van der Waals surface area contributed by atoms with E-state index in [1.54, 1.807) is 12.1 Å². The van der Waals surface area contributed by atoms with Crippen LogP contribution in [0.4, 0.5) is 5.69 Å². The summed E-state index contributed by atoms with van der Waals surface area (Å²) < 4.78 is 0. The topological polar surface area (TPSA) is 122 Å². The van der Waals surface area contributed by atoms with E-state index >= 15 is 0 Å². The number of nitro groups is 1. The van der Waals surface area contributed by atoms with E-state index in [-0.39, 0.29) is 17.6 Å². The second kappa shape index (κ2) is 5.08. The van der Waals surface area contributed by atoms with Crippen LogP contribution in [-0.2, 0) is 4.79 Å². The first kappa shape index (κ1) is 12.4. The quantitative estimate of drug-likeness (QED) is 0.248. The number of nitrogens with two attached hydrogens (primary N) is 1. The van der Waals surface area contributed by atoms with Gasteiger partial charge in [0.1, 0.15) is 6.04 Å². The van der Waals surface area contributed by atoms with Crippen LogP contribution < -0.4 is 22.1 Å². The molecule has 8 heteroatoms. The summed E-state index contributed by atoms with van der Waals surface area (Å²) >= 11 is 0. The van der Waals surface area contributed by atoms with Crippen LogP contribution in [0.3, 0.4) is 0 Å². The molecular formula is C10H13N5O3. The normalized spacial score (nSPS) is 22.7. The van der Waals surface area contributed by atoms with Gasteiger partial charge in [0.25, 0.3) is 11.6 Å². The fourth-order valence-electron chi connectivity index (χ4n) is 1.88. The molecule has 1 fully saturated rings. The molecule has 0 aliphatic carbocycles. The van der Waals surface area contributed by atoms with Gasteiger partial charge >= 0.3 is 0 Å². The van der Waals surface area contributed by atoms with Gasteiger partial charge < -0.3 is 0 Å². The van der Waals surface area contributed by atoms with Gasteiger partial charge in [0, 0.05) is 18.2 Å². The maximum absolute atomic E-state index is 11.3. The molecule has 1 aliphatic rings. The monoisotopic (exact) mass is 251 g/mol. The van der Waals surface area contributed by atoms with Gasteiger partial charge in [0.2, 0.25) is 0 Å². The van der Waals surface area contributed by atoms with E-state index < -0.39 is 11.0 Å². The summed E-state index contributed by atoms with van der Waals surface area (Å²) in [7, 11) is 0. The van der Waals surface area contributed by atoms with Crippen LogP contribution in [0.1, 0.15) is 18.0 Å². The van der Waals surface area contributed by atoms with E-state index in [0.717, 1.165) is 5.56 Å². The fourth-order valence-corrected chi connectivity index (χ4v) is 1.88. The molecule has 1 aromatic rings. The molecule has 1 aliphatic heterocycles. The Bertz CT molecular complexity index is 461. The van der Waals surface area contributed by atoms with Crippen LogP contribution in [0.25, 0.3) is 0 Å². The average Bonchev–Trinajstić information content (AvgIpc) is 2.87. The van der Waals surface area contributed by atoms with Gasteiger partial charge in [0.15, 0.2) is 0 Å². The second-order valence-corrected chi connectivity index (χ2v) is 3.99. The van der Waals surface area contributed by atoms with E-state index in [1.165, 1.54) is 12.1 Å². The Labute approximate surface area is 103 Å². The van der Waals surface area contributed by atoms with Gasteiger partial charge in [-0.25, -0.2) is 16.7 Å². The smallest absolute Gasteiger partial charge is 0.269 e. The van der Waals surface area contributed by atoms with Crippen molar-refractivity contribution in [1.29, 1.82) is 0 Å². The molecule has 1 heterocycles. The Kier molecular flexibility index (Phi) is 3.51. The standard InChI is InChI=1S/C10H13N5O3/c11-12-10(16)9-5-8(13-14-9)6-1-3-7(4-2-6)15(17)18/h1-4,8-9,13-14H,5,11H2,(H,12,16). The summed E-state index contributed by atoms with van der Waals surface area (Å²) in [4.78, 5) is 21.4. The Hall–Kier alpha value is -2.03. The molecule has 96 valence electrons. The number of hydrazine groups is 2. The van der Waals surface area contributed by atoms with Gasteiger partial charge in [-0.3, -0.25) is 20.3 Å². The number of non-ortho nitro benzene ring substituents is 1. The Morgan fingerprint density at radius 3 is 2.61 bits per heavy atom. The third-order valence-corrected chi connectivity index (χ3v) is 2.87. The van der Waals surface area contributed by atoms with Crippen molar-refractivity contribution in [3.8, 4) is 0 Å². The first-order valence-corrected chi connectivity index (χ1v) is 5.37. The van der Waals surface area contributed by atoms with Crippen LogP contribution in [-0.4, -0.2) is 16.9 Å². The van der Waals surface area contributed by atoms with Crippen molar-refractivity contribution in [2.45, 2.75) is 18.5 Å². The minimum Gasteiger partial charge on any atom is -0.293 e. The minimum atomic E-state index is -0.450. The molecule has 0 aromatic heterocycles. The fraction of sp³-hybridized carbons (Fsp3) is 0.300. The summed E-state index contributed by atoms with van der Waals surface area (Å²) in [6.07, 6.45) is 0.529. The molecule has 18 heavy (non-hydrogen) atoms. The second-order valence-electron chi connectivity index (χ2n) is 3.99. The lowest BCUT2D eigenvalue weighted by atomic mass is 10.0. The molecule has 0 bridgehead atoms. The molecule has 5 N–H and O–H groups in total. The maximum Gasteiger partial charge on any atom is 0.269 e. The van der Waals surface area contributed by atoms with Gasteiger partial charge in [-0.15, -0.1) is 0 Å². The Morgan fingerprint density at radius 1 is 1.39 bits per heavy atom. The number of nitro benzene ring substituents is 1. The molecule has 2 unspecified atom stereocenters. The van der Waals surface area contributed by atoms with E-state index in [0.29, 0.717) is 6.42 Å². The molecule has 0 spiro atoms. The van der Waals surface area contributed by atoms with E-state index in [4.69, 9.17) is 5.84 Å². The van der Waals surface area contributed by atoms with E-state index in [9.17, 15) is 14.9 Å². The number of amides is 1.